The molecule has 0 spiro atoms. The van der Waals surface area contributed by atoms with Crippen molar-refractivity contribution in [3.63, 3.8) is 0 Å². The zero-order valence-electron chi connectivity index (χ0n) is 11.7. The molecule has 0 aliphatic rings. The number of aromatic carboxylic acids is 1. The van der Waals surface area contributed by atoms with Crippen LogP contribution in [0.3, 0.4) is 0 Å². The van der Waals surface area contributed by atoms with Crippen molar-refractivity contribution in [2.24, 2.45) is 7.05 Å². The minimum absolute atomic E-state index is 0.261. The molecule has 0 aliphatic heterocycles. The van der Waals surface area contributed by atoms with Gasteiger partial charge in [0.15, 0.2) is 0 Å². The first-order chi connectivity index (χ1) is 9.63. The number of carbonyl (C=O) groups is 1. The topological polar surface area (TPSA) is 67.2 Å². The van der Waals surface area contributed by atoms with Crippen LogP contribution in [0.1, 0.15) is 46.7 Å². The van der Waals surface area contributed by atoms with Crippen molar-refractivity contribution >= 4 is 17.3 Å². The van der Waals surface area contributed by atoms with E-state index in [0.717, 1.165) is 12.8 Å². The SMILES string of the molecule is CCCC(NCc1c(C(=O)O)cnn1C)c1cccs1. The molecule has 2 rings (SSSR count). The molecule has 2 aromatic rings. The van der Waals surface area contributed by atoms with E-state index >= 15 is 0 Å². The molecule has 20 heavy (non-hydrogen) atoms. The van der Waals surface area contributed by atoms with Gasteiger partial charge >= 0.3 is 5.97 Å². The number of aromatic nitrogens is 2. The van der Waals surface area contributed by atoms with Crippen LogP contribution in [0.4, 0.5) is 0 Å². The van der Waals surface area contributed by atoms with Gasteiger partial charge in [-0.25, -0.2) is 4.79 Å². The Kier molecular flexibility index (Phi) is 4.92. The Hall–Kier alpha value is -1.66. The van der Waals surface area contributed by atoms with Crippen LogP contribution in [0.15, 0.2) is 23.7 Å². The molecule has 0 saturated heterocycles. The quantitative estimate of drug-likeness (QED) is 0.823. The lowest BCUT2D eigenvalue weighted by Gasteiger charge is -2.17. The number of hydrogen-bond acceptors (Lipinski definition) is 4. The summed E-state index contributed by atoms with van der Waals surface area (Å²) in [6.07, 6.45) is 3.51. The molecule has 0 amide bonds. The van der Waals surface area contributed by atoms with Crippen LogP contribution in [0.2, 0.25) is 0 Å². The summed E-state index contributed by atoms with van der Waals surface area (Å²) in [5, 5.41) is 18.7. The lowest BCUT2D eigenvalue weighted by Crippen LogP contribution is -2.22. The Labute approximate surface area is 122 Å². The largest absolute Gasteiger partial charge is 0.478 e. The Bertz CT molecular complexity index is 563. The van der Waals surface area contributed by atoms with E-state index in [1.807, 2.05) is 6.07 Å². The molecule has 0 bridgehead atoms. The molecule has 2 N–H and O–H groups in total. The van der Waals surface area contributed by atoms with E-state index in [9.17, 15) is 4.79 Å². The van der Waals surface area contributed by atoms with Gasteiger partial charge in [-0.3, -0.25) is 4.68 Å². The van der Waals surface area contributed by atoms with Gasteiger partial charge in [-0.15, -0.1) is 11.3 Å². The Morgan fingerprint density at radius 2 is 2.40 bits per heavy atom. The minimum Gasteiger partial charge on any atom is -0.478 e. The molecule has 6 heteroatoms. The lowest BCUT2D eigenvalue weighted by molar-refractivity contribution is 0.0695. The third kappa shape index (κ3) is 3.26. The van der Waals surface area contributed by atoms with Crippen LogP contribution in [0.25, 0.3) is 0 Å². The molecule has 0 saturated carbocycles. The highest BCUT2D eigenvalue weighted by atomic mass is 32.1. The van der Waals surface area contributed by atoms with Crippen molar-refractivity contribution in [3.8, 4) is 0 Å². The van der Waals surface area contributed by atoms with E-state index < -0.39 is 5.97 Å². The molecule has 0 radical (unpaired) electrons. The van der Waals surface area contributed by atoms with Gasteiger partial charge in [0.1, 0.15) is 5.56 Å². The summed E-state index contributed by atoms with van der Waals surface area (Å²) in [5.41, 5.74) is 0.969. The van der Waals surface area contributed by atoms with Crippen molar-refractivity contribution in [2.75, 3.05) is 0 Å². The van der Waals surface area contributed by atoms with Crippen LogP contribution in [0.5, 0.6) is 0 Å². The fourth-order valence-electron chi connectivity index (χ4n) is 2.19. The predicted octanol–water partition coefficient (Wildman–Crippen LogP) is 2.81. The van der Waals surface area contributed by atoms with Crippen LogP contribution < -0.4 is 5.32 Å². The molecule has 5 nitrogen and oxygen atoms in total. The van der Waals surface area contributed by atoms with Crippen LogP contribution in [-0.4, -0.2) is 20.9 Å². The molecule has 1 atom stereocenters. The highest BCUT2D eigenvalue weighted by Crippen LogP contribution is 2.23. The first kappa shape index (κ1) is 14.7. The maximum atomic E-state index is 11.2. The highest BCUT2D eigenvalue weighted by molar-refractivity contribution is 7.10. The molecule has 0 aliphatic carbocycles. The average molecular weight is 293 g/mol. The molecule has 0 aromatic carbocycles. The number of aryl methyl sites for hydroxylation is 1. The number of carboxylic acids is 1. The standard InChI is InChI=1S/C14H19N3O2S/c1-3-5-11(13-6-4-7-20-13)15-9-12-10(14(18)19)8-16-17(12)2/h4,6-8,11,15H,3,5,9H2,1-2H3,(H,18,19). The monoisotopic (exact) mass is 293 g/mol. The van der Waals surface area contributed by atoms with Crippen molar-refractivity contribution in [1.82, 2.24) is 15.1 Å². The number of thiophene rings is 1. The van der Waals surface area contributed by atoms with Crippen LogP contribution in [-0.2, 0) is 13.6 Å². The van der Waals surface area contributed by atoms with Crippen molar-refractivity contribution in [2.45, 2.75) is 32.4 Å². The lowest BCUT2D eigenvalue weighted by atomic mass is 10.1. The molecule has 1 unspecified atom stereocenters. The zero-order chi connectivity index (χ0) is 14.5. The third-order valence-electron chi connectivity index (χ3n) is 3.27. The number of nitrogens with one attached hydrogen (secondary N) is 1. The highest BCUT2D eigenvalue weighted by Gasteiger charge is 2.17. The molecule has 0 fully saturated rings. The maximum absolute atomic E-state index is 11.2. The first-order valence-corrected chi connectivity index (χ1v) is 7.52. The average Bonchev–Trinajstić information content (AvgIpc) is 3.04. The van der Waals surface area contributed by atoms with E-state index in [0.29, 0.717) is 12.2 Å². The van der Waals surface area contributed by atoms with E-state index in [2.05, 4.69) is 28.8 Å². The Morgan fingerprint density at radius 1 is 1.60 bits per heavy atom. The van der Waals surface area contributed by atoms with Crippen LogP contribution >= 0.6 is 11.3 Å². The van der Waals surface area contributed by atoms with Gasteiger partial charge in [-0.2, -0.15) is 5.10 Å². The number of rotatable bonds is 7. The van der Waals surface area contributed by atoms with Crippen LogP contribution in [0, 0.1) is 0 Å². The summed E-state index contributed by atoms with van der Waals surface area (Å²) in [6, 6.07) is 4.41. The fourth-order valence-corrected chi connectivity index (χ4v) is 3.03. The van der Waals surface area contributed by atoms with Gasteiger partial charge in [-0.05, 0) is 17.9 Å². The second-order valence-electron chi connectivity index (χ2n) is 4.67. The van der Waals surface area contributed by atoms with Gasteiger partial charge in [0.05, 0.1) is 11.9 Å². The molecule has 2 heterocycles. The van der Waals surface area contributed by atoms with Gasteiger partial charge in [0.25, 0.3) is 0 Å². The summed E-state index contributed by atoms with van der Waals surface area (Å²) < 4.78 is 1.62. The normalized spacial score (nSPS) is 12.5. The minimum atomic E-state index is -0.932. The maximum Gasteiger partial charge on any atom is 0.339 e. The predicted molar refractivity (Wildman–Crippen MR) is 79.0 cm³/mol. The van der Waals surface area contributed by atoms with E-state index in [4.69, 9.17) is 5.11 Å². The second-order valence-corrected chi connectivity index (χ2v) is 5.65. The third-order valence-corrected chi connectivity index (χ3v) is 4.26. The van der Waals surface area contributed by atoms with Gasteiger partial charge in [0, 0.05) is 24.5 Å². The smallest absolute Gasteiger partial charge is 0.339 e. The van der Waals surface area contributed by atoms with Crippen molar-refractivity contribution in [3.05, 3.63) is 39.8 Å². The molecule has 108 valence electrons. The fraction of sp³-hybridized carbons (Fsp3) is 0.429. The molecular formula is C14H19N3O2S. The summed E-state index contributed by atoms with van der Waals surface area (Å²) in [5.74, 6) is -0.932. The van der Waals surface area contributed by atoms with Gasteiger partial charge in [0.2, 0.25) is 0 Å². The summed E-state index contributed by atoms with van der Waals surface area (Å²) in [4.78, 5) is 12.4. The van der Waals surface area contributed by atoms with Crippen molar-refractivity contribution < 1.29 is 9.90 Å². The number of hydrogen-bond donors (Lipinski definition) is 2. The summed E-state index contributed by atoms with van der Waals surface area (Å²) >= 11 is 1.72. The van der Waals surface area contributed by atoms with E-state index in [1.165, 1.54) is 11.1 Å². The molecule has 2 aromatic heterocycles. The first-order valence-electron chi connectivity index (χ1n) is 6.64. The summed E-state index contributed by atoms with van der Waals surface area (Å²) in [7, 11) is 1.77. The van der Waals surface area contributed by atoms with E-state index in [1.54, 1.807) is 23.1 Å². The number of nitrogens with zero attached hydrogens (tertiary/aromatic N) is 2. The zero-order valence-corrected chi connectivity index (χ0v) is 12.5. The van der Waals surface area contributed by atoms with Crippen molar-refractivity contribution in [1.29, 1.82) is 0 Å². The number of carboxylic acid groups (broad SMARTS) is 1. The Balaban J connectivity index is 2.10. The van der Waals surface area contributed by atoms with E-state index in [-0.39, 0.29) is 11.6 Å². The molecular weight excluding hydrogens is 274 g/mol. The second kappa shape index (κ2) is 6.67. The van der Waals surface area contributed by atoms with Gasteiger partial charge < -0.3 is 10.4 Å². The summed E-state index contributed by atoms with van der Waals surface area (Å²) in [6.45, 7) is 2.65. The van der Waals surface area contributed by atoms with Gasteiger partial charge in [-0.1, -0.05) is 19.4 Å². The Morgan fingerprint density at radius 3 is 3.00 bits per heavy atom.